The molecule has 0 fully saturated rings. The van der Waals surface area contributed by atoms with Crippen molar-refractivity contribution in [3.05, 3.63) is 39.7 Å². The second-order valence-corrected chi connectivity index (χ2v) is 5.19. The van der Waals surface area contributed by atoms with Crippen LogP contribution in [0.4, 0.5) is 0 Å². The van der Waals surface area contributed by atoms with Crippen molar-refractivity contribution in [1.29, 1.82) is 5.26 Å². The average molecular weight is 301 g/mol. The highest BCUT2D eigenvalue weighted by Gasteiger charge is 2.10. The zero-order valence-corrected chi connectivity index (χ0v) is 11.9. The molecule has 3 aromatic rings. The van der Waals surface area contributed by atoms with Gasteiger partial charge in [0.1, 0.15) is 17.5 Å². The topological polar surface area (TPSA) is 116 Å². The molecule has 0 bridgehead atoms. The quantitative estimate of drug-likeness (QED) is 0.691. The number of hydrogen-bond acceptors (Lipinski definition) is 6. The molecule has 3 heterocycles. The smallest absolute Gasteiger partial charge is 0.272 e. The lowest BCUT2D eigenvalue weighted by Gasteiger charge is -1.99. The minimum atomic E-state index is -0.249. The second-order valence-electron chi connectivity index (χ2n) is 4.25. The van der Waals surface area contributed by atoms with E-state index in [9.17, 15) is 4.79 Å². The SMILES string of the molecule is CCc1nc(SCc2cc(=O)n3[nH]cc(C#N)c3n2)n[nH]1. The van der Waals surface area contributed by atoms with Crippen LogP contribution in [0.25, 0.3) is 5.65 Å². The van der Waals surface area contributed by atoms with Crippen LogP contribution in [-0.2, 0) is 12.2 Å². The first-order valence-electron chi connectivity index (χ1n) is 6.25. The lowest BCUT2D eigenvalue weighted by atomic mass is 10.3. The predicted molar refractivity (Wildman–Crippen MR) is 75.8 cm³/mol. The molecule has 0 unspecified atom stereocenters. The van der Waals surface area contributed by atoms with Crippen LogP contribution < -0.4 is 5.56 Å². The van der Waals surface area contributed by atoms with E-state index in [2.05, 4.69) is 25.3 Å². The van der Waals surface area contributed by atoms with Gasteiger partial charge in [-0.15, -0.1) is 5.10 Å². The fourth-order valence-corrected chi connectivity index (χ4v) is 2.53. The Morgan fingerprint density at radius 1 is 1.48 bits per heavy atom. The van der Waals surface area contributed by atoms with Gasteiger partial charge < -0.3 is 0 Å². The van der Waals surface area contributed by atoms with Gasteiger partial charge in [0.2, 0.25) is 5.16 Å². The van der Waals surface area contributed by atoms with Crippen LogP contribution in [0.5, 0.6) is 0 Å². The molecule has 0 spiro atoms. The van der Waals surface area contributed by atoms with Gasteiger partial charge in [-0.1, -0.05) is 18.7 Å². The molecule has 0 saturated heterocycles. The van der Waals surface area contributed by atoms with E-state index >= 15 is 0 Å². The standard InChI is InChI=1S/C12H11N7OS/c1-2-9-16-12(18-17-9)21-6-8-3-10(20)19-11(15-8)7(4-13)5-14-19/h3,5,14H,2,6H2,1H3,(H,16,17,18). The fraction of sp³-hybridized carbons (Fsp3) is 0.250. The van der Waals surface area contributed by atoms with Crippen molar-refractivity contribution in [2.24, 2.45) is 0 Å². The molecule has 0 saturated carbocycles. The molecule has 0 atom stereocenters. The van der Waals surface area contributed by atoms with Gasteiger partial charge in [-0.3, -0.25) is 15.0 Å². The third-order valence-electron chi connectivity index (χ3n) is 2.87. The first-order valence-corrected chi connectivity index (χ1v) is 7.24. The van der Waals surface area contributed by atoms with Gasteiger partial charge in [-0.05, 0) is 0 Å². The third kappa shape index (κ3) is 2.53. The molecular formula is C12H11N7OS. The summed E-state index contributed by atoms with van der Waals surface area (Å²) in [5.41, 5.74) is 1.01. The highest BCUT2D eigenvalue weighted by atomic mass is 32.2. The van der Waals surface area contributed by atoms with Gasteiger partial charge in [-0.2, -0.15) is 5.26 Å². The van der Waals surface area contributed by atoms with E-state index in [-0.39, 0.29) is 5.56 Å². The highest BCUT2D eigenvalue weighted by Crippen LogP contribution is 2.18. The summed E-state index contributed by atoms with van der Waals surface area (Å²) in [7, 11) is 0. The van der Waals surface area contributed by atoms with Crippen LogP contribution in [0.15, 0.2) is 22.2 Å². The monoisotopic (exact) mass is 301 g/mol. The van der Waals surface area contributed by atoms with Crippen molar-refractivity contribution in [3.8, 4) is 6.07 Å². The number of aryl methyl sites for hydroxylation is 1. The summed E-state index contributed by atoms with van der Waals surface area (Å²) in [6, 6.07) is 3.43. The Balaban J connectivity index is 1.87. The first kappa shape index (κ1) is 13.4. The van der Waals surface area contributed by atoms with E-state index in [0.29, 0.717) is 27.8 Å². The summed E-state index contributed by atoms with van der Waals surface area (Å²) >= 11 is 1.39. The van der Waals surface area contributed by atoms with Crippen molar-refractivity contribution in [1.82, 2.24) is 29.8 Å². The lowest BCUT2D eigenvalue weighted by Crippen LogP contribution is -2.15. The van der Waals surface area contributed by atoms with Crippen LogP contribution in [0.1, 0.15) is 24.0 Å². The highest BCUT2D eigenvalue weighted by molar-refractivity contribution is 7.98. The summed E-state index contributed by atoms with van der Waals surface area (Å²) in [6.45, 7) is 1.99. The Bertz CT molecular complexity index is 885. The molecule has 3 rings (SSSR count). The molecule has 0 aromatic carbocycles. The number of aromatic nitrogens is 6. The lowest BCUT2D eigenvalue weighted by molar-refractivity contribution is 0.887. The van der Waals surface area contributed by atoms with Gasteiger partial charge in [0, 0.05) is 24.4 Å². The first-order chi connectivity index (χ1) is 10.2. The predicted octanol–water partition coefficient (Wildman–Crippen LogP) is 0.867. The van der Waals surface area contributed by atoms with E-state index in [4.69, 9.17) is 5.26 Å². The number of nitrogens with zero attached hydrogens (tertiary/aromatic N) is 5. The number of rotatable bonds is 4. The van der Waals surface area contributed by atoms with E-state index in [0.717, 1.165) is 12.2 Å². The Hall–Kier alpha value is -2.60. The summed E-state index contributed by atoms with van der Waals surface area (Å²) in [6.07, 6.45) is 2.25. The minimum Gasteiger partial charge on any atom is -0.295 e. The van der Waals surface area contributed by atoms with Crippen LogP contribution in [0, 0.1) is 11.3 Å². The van der Waals surface area contributed by atoms with E-state index < -0.39 is 0 Å². The number of aromatic amines is 2. The summed E-state index contributed by atoms with van der Waals surface area (Å²) in [4.78, 5) is 20.5. The van der Waals surface area contributed by atoms with E-state index in [1.165, 1.54) is 28.5 Å². The van der Waals surface area contributed by atoms with Crippen molar-refractivity contribution >= 4 is 17.4 Å². The summed E-state index contributed by atoms with van der Waals surface area (Å²) in [5.74, 6) is 1.28. The number of nitriles is 1. The average Bonchev–Trinajstić information content (AvgIpc) is 3.11. The maximum Gasteiger partial charge on any atom is 0.272 e. The van der Waals surface area contributed by atoms with Gasteiger partial charge in [0.25, 0.3) is 5.56 Å². The molecule has 3 aromatic heterocycles. The van der Waals surface area contributed by atoms with E-state index in [1.54, 1.807) is 0 Å². The molecule has 0 aliphatic heterocycles. The molecule has 2 N–H and O–H groups in total. The minimum absolute atomic E-state index is 0.249. The van der Waals surface area contributed by atoms with Crippen molar-refractivity contribution in [2.75, 3.05) is 0 Å². The van der Waals surface area contributed by atoms with Crippen LogP contribution in [0.2, 0.25) is 0 Å². The zero-order valence-electron chi connectivity index (χ0n) is 11.1. The molecule has 0 aliphatic rings. The van der Waals surface area contributed by atoms with Gasteiger partial charge in [0.05, 0.1) is 5.69 Å². The molecule has 106 valence electrons. The second kappa shape index (κ2) is 5.41. The molecule has 8 nitrogen and oxygen atoms in total. The van der Waals surface area contributed by atoms with Gasteiger partial charge in [0.15, 0.2) is 5.65 Å². The summed E-state index contributed by atoms with van der Waals surface area (Å²) < 4.78 is 1.24. The largest absolute Gasteiger partial charge is 0.295 e. The Morgan fingerprint density at radius 2 is 2.33 bits per heavy atom. The van der Waals surface area contributed by atoms with E-state index in [1.807, 2.05) is 13.0 Å². The number of thioether (sulfide) groups is 1. The number of hydrogen-bond donors (Lipinski definition) is 2. The fourth-order valence-electron chi connectivity index (χ4n) is 1.82. The Kier molecular flexibility index (Phi) is 3.45. The summed E-state index contributed by atoms with van der Waals surface area (Å²) in [5, 5.41) is 19.2. The van der Waals surface area contributed by atoms with Crippen LogP contribution in [-0.4, -0.2) is 29.8 Å². The molecule has 21 heavy (non-hydrogen) atoms. The van der Waals surface area contributed by atoms with Crippen LogP contribution in [0.3, 0.4) is 0 Å². The number of fused-ring (bicyclic) bond motifs is 1. The zero-order chi connectivity index (χ0) is 14.8. The van der Waals surface area contributed by atoms with Crippen molar-refractivity contribution in [2.45, 2.75) is 24.3 Å². The van der Waals surface area contributed by atoms with Crippen molar-refractivity contribution in [3.63, 3.8) is 0 Å². The Labute approximate surface area is 123 Å². The number of H-pyrrole nitrogens is 2. The third-order valence-corrected chi connectivity index (χ3v) is 3.75. The molecule has 0 amide bonds. The van der Waals surface area contributed by atoms with Gasteiger partial charge >= 0.3 is 0 Å². The Morgan fingerprint density at radius 3 is 3.05 bits per heavy atom. The molecule has 0 radical (unpaired) electrons. The van der Waals surface area contributed by atoms with Gasteiger partial charge in [-0.25, -0.2) is 14.5 Å². The molecular weight excluding hydrogens is 290 g/mol. The molecule has 9 heteroatoms. The number of nitrogens with one attached hydrogen (secondary N) is 2. The normalized spacial score (nSPS) is 10.9. The van der Waals surface area contributed by atoms with Crippen LogP contribution >= 0.6 is 11.8 Å². The maximum absolute atomic E-state index is 11.9. The van der Waals surface area contributed by atoms with Crippen molar-refractivity contribution < 1.29 is 0 Å². The molecule has 0 aliphatic carbocycles. The maximum atomic E-state index is 11.9.